The Kier molecular flexibility index (Phi) is 4.07. The number of nitrogens with zero attached hydrogens (tertiary/aromatic N) is 1. The summed E-state index contributed by atoms with van der Waals surface area (Å²) in [5, 5.41) is 1.53. The number of hydrogen-bond acceptors (Lipinski definition) is 4. The van der Waals surface area contributed by atoms with E-state index in [0.29, 0.717) is 38.0 Å². The van der Waals surface area contributed by atoms with E-state index in [2.05, 4.69) is 9.97 Å². The molecule has 5 nitrogen and oxygen atoms in total. The number of hydrogen-bond donors (Lipinski definition) is 1. The average molecular weight is 396 g/mol. The number of benzene rings is 2. The molecule has 126 valence electrons. The minimum absolute atomic E-state index is 0.123. The third-order valence-corrected chi connectivity index (χ3v) is 4.44. The van der Waals surface area contributed by atoms with Crippen LogP contribution in [0.2, 0.25) is 10.0 Å². The fourth-order valence-corrected chi connectivity index (χ4v) is 3.17. The number of aromatic amines is 1. The first-order valence-corrected chi connectivity index (χ1v) is 8.31. The van der Waals surface area contributed by atoms with E-state index in [1.807, 2.05) is 0 Å². The number of aromatic nitrogens is 2. The maximum Gasteiger partial charge on any atom is 0.259 e. The lowest BCUT2D eigenvalue weighted by atomic mass is 10.2. The zero-order valence-electron chi connectivity index (χ0n) is 12.5. The van der Waals surface area contributed by atoms with Crippen LogP contribution in [0.15, 0.2) is 35.1 Å². The van der Waals surface area contributed by atoms with Gasteiger partial charge in [0, 0.05) is 5.02 Å². The Hall–Kier alpha value is -2.21. The van der Waals surface area contributed by atoms with Crippen molar-refractivity contribution in [2.45, 2.75) is 0 Å². The van der Waals surface area contributed by atoms with E-state index < -0.39 is 0 Å². The lowest BCUT2D eigenvalue weighted by Gasteiger charge is -2.04. The van der Waals surface area contributed by atoms with E-state index in [1.165, 1.54) is 0 Å². The van der Waals surface area contributed by atoms with Crippen molar-refractivity contribution in [3.05, 3.63) is 62.1 Å². The molecule has 0 unspecified atom stereocenters. The van der Waals surface area contributed by atoms with Crippen molar-refractivity contribution < 1.29 is 9.47 Å². The molecule has 0 aliphatic carbocycles. The zero-order valence-corrected chi connectivity index (χ0v) is 14.7. The first-order valence-electron chi connectivity index (χ1n) is 7.17. The molecule has 0 spiro atoms. The van der Waals surface area contributed by atoms with Gasteiger partial charge in [0.2, 0.25) is 6.79 Å². The molecule has 1 aromatic heterocycles. The zero-order chi connectivity index (χ0) is 17.6. The van der Waals surface area contributed by atoms with Gasteiger partial charge in [-0.25, -0.2) is 4.98 Å². The molecule has 2 heterocycles. The first-order chi connectivity index (χ1) is 12.0. The number of fused-ring (bicyclic) bond motifs is 2. The van der Waals surface area contributed by atoms with E-state index in [-0.39, 0.29) is 23.2 Å². The Morgan fingerprint density at radius 1 is 1.20 bits per heavy atom. The summed E-state index contributed by atoms with van der Waals surface area (Å²) >= 11 is 18.4. The fraction of sp³-hybridized carbons (Fsp3) is 0.0588. The van der Waals surface area contributed by atoms with Crippen molar-refractivity contribution in [3.8, 4) is 11.5 Å². The van der Waals surface area contributed by atoms with Crippen molar-refractivity contribution in [1.82, 2.24) is 9.97 Å². The van der Waals surface area contributed by atoms with Crippen LogP contribution >= 0.6 is 34.8 Å². The van der Waals surface area contributed by atoms with Crippen LogP contribution < -0.4 is 15.0 Å². The fourth-order valence-electron chi connectivity index (χ4n) is 2.51. The summed E-state index contributed by atoms with van der Waals surface area (Å²) in [5.74, 6) is 1.29. The summed E-state index contributed by atoms with van der Waals surface area (Å²) in [7, 11) is 0. The summed E-state index contributed by atoms with van der Waals surface area (Å²) in [6.07, 6.45) is 1.63. The Balaban J connectivity index is 1.78. The molecule has 0 radical (unpaired) electrons. The molecule has 0 atom stereocenters. The van der Waals surface area contributed by atoms with Gasteiger partial charge in [-0.2, -0.15) is 0 Å². The summed E-state index contributed by atoms with van der Waals surface area (Å²) in [6, 6.07) is 8.32. The molecule has 3 aromatic rings. The first kappa shape index (κ1) is 16.3. The van der Waals surface area contributed by atoms with Crippen molar-refractivity contribution in [2.24, 2.45) is 0 Å². The predicted molar refractivity (Wildman–Crippen MR) is 98.7 cm³/mol. The summed E-state index contributed by atoms with van der Waals surface area (Å²) in [5.41, 5.74) is 0.870. The van der Waals surface area contributed by atoms with E-state index in [4.69, 9.17) is 44.3 Å². The minimum atomic E-state index is -0.322. The van der Waals surface area contributed by atoms with Gasteiger partial charge in [0.05, 0.1) is 21.0 Å². The van der Waals surface area contributed by atoms with E-state index in [9.17, 15) is 4.79 Å². The molecule has 1 aliphatic rings. The smallest absolute Gasteiger partial charge is 0.259 e. The number of nitrogens with one attached hydrogen (secondary N) is 1. The number of H-pyrrole nitrogens is 1. The van der Waals surface area contributed by atoms with Crippen LogP contribution in [-0.2, 0) is 0 Å². The van der Waals surface area contributed by atoms with Gasteiger partial charge in [0.1, 0.15) is 0 Å². The van der Waals surface area contributed by atoms with Gasteiger partial charge in [0.15, 0.2) is 17.3 Å². The van der Waals surface area contributed by atoms with Gasteiger partial charge >= 0.3 is 0 Å². The highest BCUT2D eigenvalue weighted by Crippen LogP contribution is 2.40. The second-order valence-corrected chi connectivity index (χ2v) is 6.56. The van der Waals surface area contributed by atoms with Gasteiger partial charge in [-0.15, -0.1) is 0 Å². The lowest BCUT2D eigenvalue weighted by Crippen LogP contribution is -2.10. The number of ether oxygens (including phenoxy) is 2. The second kappa shape index (κ2) is 6.26. The van der Waals surface area contributed by atoms with Crippen LogP contribution in [0, 0.1) is 0 Å². The van der Waals surface area contributed by atoms with Crippen molar-refractivity contribution in [2.75, 3.05) is 6.79 Å². The quantitative estimate of drug-likeness (QED) is 0.683. The predicted octanol–water partition coefficient (Wildman–Crippen LogP) is 4.70. The topological polar surface area (TPSA) is 64.2 Å². The van der Waals surface area contributed by atoms with Crippen molar-refractivity contribution in [1.29, 1.82) is 0 Å². The molecule has 25 heavy (non-hydrogen) atoms. The summed E-state index contributed by atoms with van der Waals surface area (Å²) < 4.78 is 10.6. The lowest BCUT2D eigenvalue weighted by molar-refractivity contribution is 0.174. The normalized spacial score (nSPS) is 13.5. The minimum Gasteiger partial charge on any atom is -0.454 e. The van der Waals surface area contributed by atoms with E-state index in [1.54, 1.807) is 36.4 Å². The summed E-state index contributed by atoms with van der Waals surface area (Å²) in [4.78, 5) is 19.2. The molecule has 1 N–H and O–H groups in total. The molecule has 0 bridgehead atoms. The van der Waals surface area contributed by atoms with Crippen LogP contribution in [0.25, 0.3) is 22.0 Å². The maximum atomic E-state index is 12.2. The molecule has 1 aliphatic heterocycles. The highest BCUT2D eigenvalue weighted by Gasteiger charge is 2.18. The molecule has 2 aromatic carbocycles. The molecular weight excluding hydrogens is 387 g/mol. The van der Waals surface area contributed by atoms with Crippen LogP contribution in [0.5, 0.6) is 11.5 Å². The molecule has 0 saturated heterocycles. The molecule has 0 fully saturated rings. The van der Waals surface area contributed by atoms with Gasteiger partial charge in [0.25, 0.3) is 5.56 Å². The summed E-state index contributed by atoms with van der Waals surface area (Å²) in [6.45, 7) is 0.123. The highest BCUT2D eigenvalue weighted by molar-refractivity contribution is 6.50. The highest BCUT2D eigenvalue weighted by atomic mass is 35.5. The second-order valence-electron chi connectivity index (χ2n) is 5.30. The molecule has 0 saturated carbocycles. The van der Waals surface area contributed by atoms with Crippen LogP contribution in [-0.4, -0.2) is 16.8 Å². The van der Waals surface area contributed by atoms with Crippen molar-refractivity contribution >= 4 is 56.8 Å². The Bertz CT molecular complexity index is 1090. The SMILES string of the molecule is O=c1[nH]c(/C(Cl)=C/c2cc(Cl)c3c(c2)OCO3)nc2ccc(Cl)cc12. The van der Waals surface area contributed by atoms with Crippen molar-refractivity contribution in [3.63, 3.8) is 0 Å². The Morgan fingerprint density at radius 2 is 2.04 bits per heavy atom. The van der Waals surface area contributed by atoms with Gasteiger partial charge in [-0.1, -0.05) is 34.8 Å². The molecule has 8 heteroatoms. The van der Waals surface area contributed by atoms with Crippen LogP contribution in [0.1, 0.15) is 11.4 Å². The van der Waals surface area contributed by atoms with E-state index in [0.717, 1.165) is 0 Å². The Morgan fingerprint density at radius 3 is 2.88 bits per heavy atom. The standard InChI is InChI=1S/C17H9Cl3N2O3/c18-9-1-2-13-10(6-9)17(23)22-16(21-13)12(20)4-8-3-11(19)15-14(5-8)24-7-25-15/h1-6H,7H2,(H,21,22,23)/b12-4-. The maximum absolute atomic E-state index is 12.2. The molecular formula is C17H9Cl3N2O3. The third-order valence-electron chi connectivity index (χ3n) is 3.64. The molecule has 4 rings (SSSR count). The number of halogens is 3. The average Bonchev–Trinajstić information content (AvgIpc) is 3.04. The largest absolute Gasteiger partial charge is 0.454 e. The molecule has 0 amide bonds. The number of rotatable bonds is 2. The monoisotopic (exact) mass is 394 g/mol. The third kappa shape index (κ3) is 3.06. The van der Waals surface area contributed by atoms with Gasteiger partial charge in [-0.05, 0) is 42.0 Å². The van der Waals surface area contributed by atoms with Gasteiger partial charge < -0.3 is 14.5 Å². The van der Waals surface area contributed by atoms with Crippen LogP contribution in [0.3, 0.4) is 0 Å². The van der Waals surface area contributed by atoms with Crippen LogP contribution in [0.4, 0.5) is 0 Å². The van der Waals surface area contributed by atoms with E-state index >= 15 is 0 Å². The Labute approximate surface area is 156 Å². The van der Waals surface area contributed by atoms with Gasteiger partial charge in [-0.3, -0.25) is 4.79 Å².